The molecule has 1 fully saturated rings. The standard InChI is InChI=1S/C12H24N2O.ClH/c1-12(2,3)7-11(15)14-6-4-5-10(8-13)9-14;/h10H,4-9,13H2,1-3H3;1H. The van der Waals surface area contributed by atoms with Gasteiger partial charge < -0.3 is 10.6 Å². The second-order valence-electron chi connectivity index (χ2n) is 5.82. The lowest BCUT2D eigenvalue weighted by Crippen LogP contribution is -2.43. The number of nitrogens with two attached hydrogens (primary N) is 1. The number of carbonyl (C=O) groups excluding carboxylic acids is 1. The number of piperidine rings is 1. The summed E-state index contributed by atoms with van der Waals surface area (Å²) in [4.78, 5) is 14.0. The fourth-order valence-corrected chi connectivity index (χ4v) is 2.05. The summed E-state index contributed by atoms with van der Waals surface area (Å²) in [6.07, 6.45) is 2.93. The van der Waals surface area contributed by atoms with Gasteiger partial charge in [0.15, 0.2) is 0 Å². The molecule has 0 spiro atoms. The first-order valence-corrected chi connectivity index (χ1v) is 5.90. The van der Waals surface area contributed by atoms with Crippen molar-refractivity contribution < 1.29 is 4.79 Å². The number of hydrogen-bond acceptors (Lipinski definition) is 2. The molecule has 1 aliphatic rings. The van der Waals surface area contributed by atoms with Crippen molar-refractivity contribution in [1.82, 2.24) is 4.90 Å². The highest BCUT2D eigenvalue weighted by Crippen LogP contribution is 2.22. The number of rotatable bonds is 2. The third-order valence-electron chi connectivity index (χ3n) is 2.89. The Balaban J connectivity index is 0.00000225. The minimum Gasteiger partial charge on any atom is -0.342 e. The van der Waals surface area contributed by atoms with Crippen LogP contribution in [0.15, 0.2) is 0 Å². The molecule has 96 valence electrons. The number of carbonyl (C=O) groups is 1. The van der Waals surface area contributed by atoms with Crippen LogP contribution in [0.4, 0.5) is 0 Å². The second-order valence-corrected chi connectivity index (χ2v) is 5.82. The molecule has 1 unspecified atom stereocenters. The van der Waals surface area contributed by atoms with Crippen LogP contribution in [0.5, 0.6) is 0 Å². The van der Waals surface area contributed by atoms with Crippen molar-refractivity contribution in [1.29, 1.82) is 0 Å². The summed E-state index contributed by atoms with van der Waals surface area (Å²) >= 11 is 0. The zero-order valence-corrected chi connectivity index (χ0v) is 11.5. The number of amides is 1. The molecule has 0 aromatic carbocycles. The number of likely N-dealkylation sites (tertiary alicyclic amines) is 1. The van der Waals surface area contributed by atoms with Gasteiger partial charge in [0.25, 0.3) is 0 Å². The Labute approximate surface area is 105 Å². The Bertz CT molecular complexity index is 226. The lowest BCUT2D eigenvalue weighted by molar-refractivity contribution is -0.134. The summed E-state index contributed by atoms with van der Waals surface area (Å²) in [5, 5.41) is 0. The van der Waals surface area contributed by atoms with Crippen LogP contribution >= 0.6 is 12.4 Å². The fourth-order valence-electron chi connectivity index (χ4n) is 2.05. The minimum atomic E-state index is 0. The van der Waals surface area contributed by atoms with E-state index in [1.54, 1.807) is 0 Å². The van der Waals surface area contributed by atoms with Gasteiger partial charge in [0, 0.05) is 19.5 Å². The van der Waals surface area contributed by atoms with Crippen LogP contribution in [0.25, 0.3) is 0 Å². The van der Waals surface area contributed by atoms with Crippen LogP contribution in [0, 0.1) is 11.3 Å². The first kappa shape index (κ1) is 15.7. The molecule has 0 radical (unpaired) electrons. The topological polar surface area (TPSA) is 46.3 Å². The Morgan fingerprint density at radius 3 is 2.56 bits per heavy atom. The Kier molecular flexibility index (Phi) is 6.34. The highest BCUT2D eigenvalue weighted by Gasteiger charge is 2.25. The molecule has 0 saturated carbocycles. The van der Waals surface area contributed by atoms with Gasteiger partial charge in [-0.05, 0) is 30.7 Å². The van der Waals surface area contributed by atoms with Gasteiger partial charge in [-0.15, -0.1) is 12.4 Å². The van der Waals surface area contributed by atoms with Gasteiger partial charge >= 0.3 is 0 Å². The van der Waals surface area contributed by atoms with Gasteiger partial charge in [-0.3, -0.25) is 4.79 Å². The zero-order chi connectivity index (χ0) is 11.5. The summed E-state index contributed by atoms with van der Waals surface area (Å²) in [6.45, 7) is 8.82. The maximum Gasteiger partial charge on any atom is 0.223 e. The SMILES string of the molecule is CC(C)(C)CC(=O)N1CCCC(CN)C1.Cl. The predicted octanol–water partition coefficient (Wildman–Crippen LogP) is 2.04. The lowest BCUT2D eigenvalue weighted by Gasteiger charge is -2.33. The van der Waals surface area contributed by atoms with Crippen molar-refractivity contribution in [3.63, 3.8) is 0 Å². The van der Waals surface area contributed by atoms with Gasteiger partial charge in [0.05, 0.1) is 0 Å². The maximum absolute atomic E-state index is 12.0. The highest BCUT2D eigenvalue weighted by atomic mass is 35.5. The van der Waals surface area contributed by atoms with Crippen LogP contribution in [0.1, 0.15) is 40.0 Å². The van der Waals surface area contributed by atoms with E-state index < -0.39 is 0 Å². The molecule has 1 heterocycles. The van der Waals surface area contributed by atoms with Crippen molar-refractivity contribution in [2.24, 2.45) is 17.1 Å². The predicted molar refractivity (Wildman–Crippen MR) is 69.7 cm³/mol. The third-order valence-corrected chi connectivity index (χ3v) is 2.89. The van der Waals surface area contributed by atoms with E-state index >= 15 is 0 Å². The zero-order valence-electron chi connectivity index (χ0n) is 10.7. The molecule has 1 amide bonds. The minimum absolute atomic E-state index is 0. The monoisotopic (exact) mass is 248 g/mol. The summed E-state index contributed by atoms with van der Waals surface area (Å²) < 4.78 is 0. The first-order chi connectivity index (χ1) is 6.92. The first-order valence-electron chi connectivity index (χ1n) is 5.90. The molecule has 16 heavy (non-hydrogen) atoms. The summed E-state index contributed by atoms with van der Waals surface area (Å²) in [5.41, 5.74) is 5.74. The van der Waals surface area contributed by atoms with Crippen molar-refractivity contribution in [2.45, 2.75) is 40.0 Å². The highest BCUT2D eigenvalue weighted by molar-refractivity contribution is 5.85. The molecule has 3 nitrogen and oxygen atoms in total. The Hall–Kier alpha value is -0.280. The number of hydrogen-bond donors (Lipinski definition) is 1. The molecule has 1 atom stereocenters. The molecule has 1 rings (SSSR count). The number of halogens is 1. The van der Waals surface area contributed by atoms with Gasteiger partial charge in [-0.25, -0.2) is 0 Å². The van der Waals surface area contributed by atoms with Gasteiger partial charge in [0.2, 0.25) is 5.91 Å². The van der Waals surface area contributed by atoms with E-state index in [-0.39, 0.29) is 17.8 Å². The molecule has 4 heteroatoms. The molecule has 0 aromatic rings. The van der Waals surface area contributed by atoms with Crippen molar-refractivity contribution in [3.8, 4) is 0 Å². The van der Waals surface area contributed by atoms with E-state index in [4.69, 9.17) is 5.73 Å². The van der Waals surface area contributed by atoms with E-state index in [1.165, 1.54) is 6.42 Å². The molecule has 0 aliphatic carbocycles. The molecule has 0 bridgehead atoms. The summed E-state index contributed by atoms with van der Waals surface area (Å²) in [5.74, 6) is 0.809. The average Bonchev–Trinajstić information content (AvgIpc) is 2.15. The quantitative estimate of drug-likeness (QED) is 0.813. The smallest absolute Gasteiger partial charge is 0.223 e. The van der Waals surface area contributed by atoms with Gasteiger partial charge in [0.1, 0.15) is 0 Å². The van der Waals surface area contributed by atoms with Crippen LogP contribution in [-0.2, 0) is 4.79 Å². The van der Waals surface area contributed by atoms with Crippen LogP contribution in [0.2, 0.25) is 0 Å². The molecular formula is C12H25ClN2O. The molecular weight excluding hydrogens is 224 g/mol. The van der Waals surface area contributed by atoms with Gasteiger partial charge in [-0.2, -0.15) is 0 Å². The normalized spacial score (nSPS) is 21.5. The van der Waals surface area contributed by atoms with E-state index in [1.807, 2.05) is 4.90 Å². The largest absolute Gasteiger partial charge is 0.342 e. The third kappa shape index (κ3) is 5.17. The Morgan fingerprint density at radius 2 is 2.06 bits per heavy atom. The van der Waals surface area contributed by atoms with Crippen LogP contribution in [0.3, 0.4) is 0 Å². The molecule has 1 aliphatic heterocycles. The molecule has 0 aromatic heterocycles. The van der Waals surface area contributed by atoms with E-state index in [0.29, 0.717) is 24.8 Å². The average molecular weight is 249 g/mol. The molecule has 1 saturated heterocycles. The summed E-state index contributed by atoms with van der Waals surface area (Å²) in [6, 6.07) is 0. The second kappa shape index (κ2) is 6.45. The van der Waals surface area contributed by atoms with Crippen molar-refractivity contribution in [3.05, 3.63) is 0 Å². The van der Waals surface area contributed by atoms with Crippen molar-refractivity contribution in [2.75, 3.05) is 19.6 Å². The fraction of sp³-hybridized carbons (Fsp3) is 0.917. The summed E-state index contributed by atoms with van der Waals surface area (Å²) in [7, 11) is 0. The van der Waals surface area contributed by atoms with E-state index in [9.17, 15) is 4.79 Å². The molecule has 2 N–H and O–H groups in total. The lowest BCUT2D eigenvalue weighted by atomic mass is 9.90. The number of nitrogens with zero attached hydrogens (tertiary/aromatic N) is 1. The van der Waals surface area contributed by atoms with E-state index in [0.717, 1.165) is 19.5 Å². The van der Waals surface area contributed by atoms with Gasteiger partial charge in [-0.1, -0.05) is 20.8 Å². The van der Waals surface area contributed by atoms with Crippen LogP contribution < -0.4 is 5.73 Å². The van der Waals surface area contributed by atoms with Crippen LogP contribution in [-0.4, -0.2) is 30.4 Å². The maximum atomic E-state index is 12.0. The van der Waals surface area contributed by atoms with E-state index in [2.05, 4.69) is 20.8 Å². The van der Waals surface area contributed by atoms with Crippen molar-refractivity contribution >= 4 is 18.3 Å². The Morgan fingerprint density at radius 1 is 1.44 bits per heavy atom.